The summed E-state index contributed by atoms with van der Waals surface area (Å²) in [7, 11) is 0. The maximum absolute atomic E-state index is 13.7. The maximum Gasteiger partial charge on any atom is 0.224 e. The van der Waals surface area contributed by atoms with Crippen LogP contribution in [-0.2, 0) is 11.2 Å². The molecule has 4 rings (SSSR count). The molecule has 0 aliphatic carbocycles. The van der Waals surface area contributed by atoms with Crippen LogP contribution in [0.25, 0.3) is 5.69 Å². The molecule has 2 heterocycles. The third-order valence-electron chi connectivity index (χ3n) is 5.11. The largest absolute Gasteiger partial charge is 0.351 e. The van der Waals surface area contributed by atoms with Crippen molar-refractivity contribution in [3.8, 4) is 5.69 Å². The molecule has 1 saturated heterocycles. The molecule has 1 fully saturated rings. The molecule has 0 bridgehead atoms. The molecule has 0 radical (unpaired) electrons. The zero-order chi connectivity index (χ0) is 20.2. The number of aromatic nitrogens is 4. The van der Waals surface area contributed by atoms with Crippen LogP contribution in [0, 0.1) is 11.6 Å². The summed E-state index contributed by atoms with van der Waals surface area (Å²) >= 11 is 0. The van der Waals surface area contributed by atoms with Crippen LogP contribution in [0.4, 0.5) is 8.78 Å². The van der Waals surface area contributed by atoms with Gasteiger partial charge in [0.2, 0.25) is 5.91 Å². The molecule has 29 heavy (non-hydrogen) atoms. The van der Waals surface area contributed by atoms with Crippen molar-refractivity contribution in [1.29, 1.82) is 0 Å². The van der Waals surface area contributed by atoms with Crippen molar-refractivity contribution in [1.82, 2.24) is 30.8 Å². The number of hydrogen-bond acceptors (Lipinski definition) is 5. The van der Waals surface area contributed by atoms with E-state index >= 15 is 0 Å². The van der Waals surface area contributed by atoms with Crippen molar-refractivity contribution >= 4 is 5.91 Å². The van der Waals surface area contributed by atoms with E-state index in [1.54, 1.807) is 6.07 Å². The fourth-order valence-corrected chi connectivity index (χ4v) is 3.64. The molecular weight excluding hydrogens is 378 g/mol. The minimum atomic E-state index is -0.867. The topological polar surface area (TPSA) is 84.7 Å². The minimum Gasteiger partial charge on any atom is -0.351 e. The van der Waals surface area contributed by atoms with Gasteiger partial charge in [0.15, 0.2) is 11.6 Å². The standard InChI is InChI=1S/C20H20F2N6O/c21-17-6-3-14(10-18(17)22)16-7-8-23-11-19(16)25-20(29)9-13-1-4-15(5-2-13)28-12-24-26-27-28/h1-6,10,12,16,19,23H,7-9,11H2,(H,25,29). The molecule has 0 saturated carbocycles. The number of halogens is 2. The fraction of sp³-hybridized carbons (Fsp3) is 0.300. The summed E-state index contributed by atoms with van der Waals surface area (Å²) in [4.78, 5) is 12.6. The number of piperidine rings is 1. The minimum absolute atomic E-state index is 0.0718. The molecule has 2 atom stereocenters. The summed E-state index contributed by atoms with van der Waals surface area (Å²) in [5.41, 5.74) is 2.35. The van der Waals surface area contributed by atoms with Crippen LogP contribution in [0.3, 0.4) is 0 Å². The summed E-state index contributed by atoms with van der Waals surface area (Å²) < 4.78 is 28.4. The highest BCUT2D eigenvalue weighted by atomic mass is 19.2. The number of rotatable bonds is 5. The third kappa shape index (κ3) is 4.45. The van der Waals surface area contributed by atoms with E-state index in [0.717, 1.165) is 30.3 Å². The van der Waals surface area contributed by atoms with Crippen molar-refractivity contribution in [2.45, 2.75) is 24.8 Å². The number of benzene rings is 2. The summed E-state index contributed by atoms with van der Waals surface area (Å²) in [6.07, 6.45) is 2.45. The first kappa shape index (κ1) is 19.1. The number of carbonyl (C=O) groups excluding carboxylic acids is 1. The third-order valence-corrected chi connectivity index (χ3v) is 5.11. The Hall–Kier alpha value is -3.20. The first-order valence-electron chi connectivity index (χ1n) is 9.37. The molecule has 3 aromatic rings. The van der Waals surface area contributed by atoms with Crippen LogP contribution in [0.2, 0.25) is 0 Å². The summed E-state index contributed by atoms with van der Waals surface area (Å²) in [6, 6.07) is 11.1. The molecule has 9 heteroatoms. The molecule has 150 valence electrons. The van der Waals surface area contributed by atoms with Gasteiger partial charge in [0.1, 0.15) is 6.33 Å². The fourth-order valence-electron chi connectivity index (χ4n) is 3.64. The number of tetrazole rings is 1. The van der Waals surface area contributed by atoms with E-state index in [0.29, 0.717) is 12.1 Å². The van der Waals surface area contributed by atoms with Crippen LogP contribution in [0.5, 0.6) is 0 Å². The van der Waals surface area contributed by atoms with Gasteiger partial charge in [0.25, 0.3) is 0 Å². The lowest BCUT2D eigenvalue weighted by atomic mass is 9.86. The zero-order valence-corrected chi connectivity index (χ0v) is 15.6. The van der Waals surface area contributed by atoms with Crippen LogP contribution in [0.1, 0.15) is 23.5 Å². The lowest BCUT2D eigenvalue weighted by molar-refractivity contribution is -0.121. The predicted molar refractivity (Wildman–Crippen MR) is 101 cm³/mol. The smallest absolute Gasteiger partial charge is 0.224 e. The normalized spacial score (nSPS) is 19.1. The van der Waals surface area contributed by atoms with Crippen molar-refractivity contribution in [2.24, 2.45) is 0 Å². The Morgan fingerprint density at radius 3 is 2.72 bits per heavy atom. The van der Waals surface area contributed by atoms with Crippen molar-refractivity contribution in [3.05, 3.63) is 71.6 Å². The van der Waals surface area contributed by atoms with E-state index in [4.69, 9.17) is 0 Å². The van der Waals surface area contributed by atoms with Gasteiger partial charge in [0, 0.05) is 18.5 Å². The summed E-state index contributed by atoms with van der Waals surface area (Å²) in [5, 5.41) is 17.3. The molecular formula is C20H20F2N6O. The van der Waals surface area contributed by atoms with Gasteiger partial charge in [-0.2, -0.15) is 0 Å². The van der Waals surface area contributed by atoms with Gasteiger partial charge in [-0.05, 0) is 58.8 Å². The van der Waals surface area contributed by atoms with Crippen molar-refractivity contribution < 1.29 is 13.6 Å². The molecule has 7 nitrogen and oxygen atoms in total. The van der Waals surface area contributed by atoms with E-state index < -0.39 is 11.6 Å². The Kier molecular flexibility index (Phi) is 5.57. The van der Waals surface area contributed by atoms with Crippen LogP contribution in [-0.4, -0.2) is 45.2 Å². The van der Waals surface area contributed by atoms with E-state index in [2.05, 4.69) is 26.2 Å². The van der Waals surface area contributed by atoms with Gasteiger partial charge in [-0.3, -0.25) is 4.79 Å². The Bertz CT molecular complexity index is 977. The van der Waals surface area contributed by atoms with E-state index in [-0.39, 0.29) is 24.3 Å². The molecule has 1 aliphatic heterocycles. The monoisotopic (exact) mass is 398 g/mol. The Labute approximate surface area is 166 Å². The van der Waals surface area contributed by atoms with Gasteiger partial charge in [0.05, 0.1) is 12.1 Å². The second kappa shape index (κ2) is 8.44. The zero-order valence-electron chi connectivity index (χ0n) is 15.6. The van der Waals surface area contributed by atoms with Crippen molar-refractivity contribution in [3.63, 3.8) is 0 Å². The van der Waals surface area contributed by atoms with Gasteiger partial charge in [-0.25, -0.2) is 13.5 Å². The highest BCUT2D eigenvalue weighted by molar-refractivity contribution is 5.79. The summed E-state index contributed by atoms with van der Waals surface area (Å²) in [6.45, 7) is 1.34. The molecule has 1 aromatic heterocycles. The number of nitrogens with one attached hydrogen (secondary N) is 2. The van der Waals surface area contributed by atoms with E-state index in [1.807, 2.05) is 24.3 Å². The molecule has 2 unspecified atom stereocenters. The first-order valence-corrected chi connectivity index (χ1v) is 9.37. The lowest BCUT2D eigenvalue weighted by Crippen LogP contribution is -2.50. The van der Waals surface area contributed by atoms with Gasteiger partial charge in [-0.1, -0.05) is 18.2 Å². The molecule has 2 N–H and O–H groups in total. The average molecular weight is 398 g/mol. The Morgan fingerprint density at radius 1 is 1.17 bits per heavy atom. The van der Waals surface area contributed by atoms with E-state index in [1.165, 1.54) is 17.1 Å². The highest BCUT2D eigenvalue weighted by Gasteiger charge is 2.28. The van der Waals surface area contributed by atoms with Crippen LogP contribution < -0.4 is 10.6 Å². The summed E-state index contributed by atoms with van der Waals surface area (Å²) in [5.74, 6) is -1.93. The van der Waals surface area contributed by atoms with Crippen LogP contribution >= 0.6 is 0 Å². The average Bonchev–Trinajstić information content (AvgIpc) is 3.26. The van der Waals surface area contributed by atoms with Gasteiger partial charge >= 0.3 is 0 Å². The van der Waals surface area contributed by atoms with Gasteiger partial charge < -0.3 is 10.6 Å². The van der Waals surface area contributed by atoms with E-state index in [9.17, 15) is 13.6 Å². The SMILES string of the molecule is O=C(Cc1ccc(-n2cnnn2)cc1)NC1CNCCC1c1ccc(F)c(F)c1. The predicted octanol–water partition coefficient (Wildman–Crippen LogP) is 1.74. The Morgan fingerprint density at radius 2 is 2.00 bits per heavy atom. The second-order valence-electron chi connectivity index (χ2n) is 7.04. The Balaban J connectivity index is 1.41. The number of amides is 1. The quantitative estimate of drug-likeness (QED) is 0.684. The highest BCUT2D eigenvalue weighted by Crippen LogP contribution is 2.27. The second-order valence-corrected chi connectivity index (χ2v) is 7.04. The number of hydrogen-bond donors (Lipinski definition) is 2. The van der Waals surface area contributed by atoms with Gasteiger partial charge in [-0.15, -0.1) is 5.10 Å². The molecule has 1 aliphatic rings. The number of nitrogens with zero attached hydrogens (tertiary/aromatic N) is 4. The molecule has 2 aromatic carbocycles. The molecule has 1 amide bonds. The number of carbonyl (C=O) groups is 1. The molecule has 0 spiro atoms. The van der Waals surface area contributed by atoms with Crippen LogP contribution in [0.15, 0.2) is 48.8 Å². The van der Waals surface area contributed by atoms with Crippen molar-refractivity contribution in [2.75, 3.05) is 13.1 Å². The maximum atomic E-state index is 13.7. The lowest BCUT2D eigenvalue weighted by Gasteiger charge is -2.33. The first-order chi connectivity index (χ1) is 14.1.